The van der Waals surface area contributed by atoms with E-state index in [1.807, 2.05) is 69.3 Å². The van der Waals surface area contributed by atoms with Gasteiger partial charge in [-0.15, -0.1) is 0 Å². The van der Waals surface area contributed by atoms with E-state index in [0.717, 1.165) is 22.3 Å². The fourth-order valence-electron chi connectivity index (χ4n) is 7.16. The van der Waals surface area contributed by atoms with Crippen molar-refractivity contribution >= 4 is 47.5 Å². The lowest BCUT2D eigenvalue weighted by Gasteiger charge is -2.28. The number of carbonyl (C=O) groups excluding carboxylic acids is 7. The Kier molecular flexibility index (Phi) is 20.5. The predicted molar refractivity (Wildman–Crippen MR) is 236 cm³/mol. The molecule has 3 rings (SSSR count). The molecule has 0 spiro atoms. The number of nitrogens with one attached hydrogen (secondary N) is 7. The number of amides is 7. The molecule has 0 unspecified atom stereocenters. The minimum absolute atomic E-state index is 0.0557. The number of carbonyl (C=O) groups is 8. The quantitative estimate of drug-likeness (QED) is 0.0652. The molecule has 0 aromatic heterocycles. The number of alkyl carbamates (subject to hydrolysis) is 1. The monoisotopic (exact) mass is 878 g/mol. The lowest BCUT2D eigenvalue weighted by atomic mass is 9.98. The molecule has 0 heterocycles. The van der Waals surface area contributed by atoms with Gasteiger partial charge in [0.25, 0.3) is 0 Å². The van der Waals surface area contributed by atoms with Gasteiger partial charge < -0.3 is 52.8 Å². The number of ether oxygens (including phenoxy) is 1. The first-order valence-corrected chi connectivity index (χ1v) is 21.7. The summed E-state index contributed by atoms with van der Waals surface area (Å²) in [6.07, 6.45) is 1.13. The van der Waals surface area contributed by atoms with E-state index in [9.17, 15) is 43.5 Å². The molecule has 0 radical (unpaired) electrons. The molecule has 0 bridgehead atoms. The molecular weight excluding hydrogens is 813 g/mol. The van der Waals surface area contributed by atoms with Crippen molar-refractivity contribution in [1.82, 2.24) is 37.2 Å². The summed E-state index contributed by atoms with van der Waals surface area (Å²) in [5.41, 5.74) is 9.75. The van der Waals surface area contributed by atoms with Crippen LogP contribution in [0, 0.1) is 17.8 Å². The Morgan fingerprint density at radius 1 is 0.667 bits per heavy atom. The third-order valence-electron chi connectivity index (χ3n) is 10.9. The summed E-state index contributed by atoms with van der Waals surface area (Å²) < 4.78 is 5.50. The van der Waals surface area contributed by atoms with Gasteiger partial charge in [-0.3, -0.25) is 28.8 Å². The first kappa shape index (κ1) is 51.3. The van der Waals surface area contributed by atoms with Gasteiger partial charge in [0.15, 0.2) is 0 Å². The number of carboxylic acids is 1. The molecule has 0 aliphatic heterocycles. The zero-order chi connectivity index (χ0) is 46.8. The van der Waals surface area contributed by atoms with Crippen LogP contribution in [-0.4, -0.2) is 109 Å². The second kappa shape index (κ2) is 25.2. The molecule has 6 atom stereocenters. The molecule has 0 saturated carbocycles. The number of unbranched alkanes of at least 4 members (excludes halogenated alkanes) is 1. The van der Waals surface area contributed by atoms with Crippen LogP contribution in [0.1, 0.15) is 97.6 Å². The van der Waals surface area contributed by atoms with Crippen LogP contribution in [0.5, 0.6) is 0 Å². The van der Waals surface area contributed by atoms with Crippen molar-refractivity contribution < 1.29 is 48.2 Å². The van der Waals surface area contributed by atoms with Crippen LogP contribution in [0.3, 0.4) is 0 Å². The van der Waals surface area contributed by atoms with Crippen LogP contribution in [0.4, 0.5) is 4.79 Å². The molecule has 18 heteroatoms. The van der Waals surface area contributed by atoms with E-state index >= 15 is 0 Å². The van der Waals surface area contributed by atoms with Crippen LogP contribution < -0.4 is 43.0 Å². The summed E-state index contributed by atoms with van der Waals surface area (Å²) >= 11 is 0. The van der Waals surface area contributed by atoms with Crippen molar-refractivity contribution in [3.8, 4) is 11.1 Å². The molecule has 0 saturated heterocycles. The number of aliphatic carboxylic acids is 1. The maximum atomic E-state index is 13.5. The van der Waals surface area contributed by atoms with Crippen LogP contribution >= 0.6 is 0 Å². The molecule has 346 valence electrons. The second-order valence-corrected chi connectivity index (χ2v) is 16.7. The van der Waals surface area contributed by atoms with Crippen LogP contribution in [0.25, 0.3) is 11.1 Å². The van der Waals surface area contributed by atoms with E-state index < -0.39 is 96.7 Å². The molecular formula is C45H66N8O10. The Balaban J connectivity index is 1.50. The summed E-state index contributed by atoms with van der Waals surface area (Å²) in [4.78, 5) is 103. The molecule has 63 heavy (non-hydrogen) atoms. The van der Waals surface area contributed by atoms with E-state index in [2.05, 4.69) is 37.2 Å². The van der Waals surface area contributed by atoms with E-state index in [0.29, 0.717) is 25.8 Å². The number of hydrogen-bond donors (Lipinski definition) is 9. The molecule has 2 aromatic carbocycles. The Hall–Kier alpha value is -6.04. The Morgan fingerprint density at radius 2 is 1.24 bits per heavy atom. The van der Waals surface area contributed by atoms with Crippen LogP contribution in [0.2, 0.25) is 0 Å². The highest BCUT2D eigenvalue weighted by atomic mass is 16.5. The predicted octanol–water partition coefficient (Wildman–Crippen LogP) is 2.05. The van der Waals surface area contributed by atoms with Gasteiger partial charge in [-0.05, 0) is 79.2 Å². The molecule has 7 amide bonds. The van der Waals surface area contributed by atoms with Gasteiger partial charge in [0.2, 0.25) is 35.4 Å². The van der Waals surface area contributed by atoms with Crippen molar-refractivity contribution in [3.05, 3.63) is 59.7 Å². The fraction of sp³-hybridized carbons (Fsp3) is 0.556. The van der Waals surface area contributed by atoms with Gasteiger partial charge in [0.05, 0.1) is 6.54 Å². The fourth-order valence-corrected chi connectivity index (χ4v) is 7.16. The lowest BCUT2D eigenvalue weighted by molar-refractivity contribution is -0.142. The van der Waals surface area contributed by atoms with E-state index in [-0.39, 0.29) is 37.2 Å². The minimum Gasteiger partial charge on any atom is -0.480 e. The molecule has 18 nitrogen and oxygen atoms in total. The molecule has 10 N–H and O–H groups in total. The Bertz CT molecular complexity index is 1880. The van der Waals surface area contributed by atoms with Gasteiger partial charge in [0.1, 0.15) is 43.4 Å². The Labute approximate surface area is 369 Å². The summed E-state index contributed by atoms with van der Waals surface area (Å²) in [6.45, 7) is 11.4. The average Bonchev–Trinajstić information content (AvgIpc) is 3.56. The number of rotatable bonds is 25. The first-order chi connectivity index (χ1) is 29.9. The number of carboxylic acid groups (broad SMARTS) is 1. The summed E-state index contributed by atoms with van der Waals surface area (Å²) in [7, 11) is 0. The smallest absolute Gasteiger partial charge is 0.407 e. The zero-order valence-corrected chi connectivity index (χ0v) is 37.4. The van der Waals surface area contributed by atoms with Crippen molar-refractivity contribution in [2.24, 2.45) is 23.5 Å². The van der Waals surface area contributed by atoms with Gasteiger partial charge in [0, 0.05) is 5.92 Å². The molecule has 1 aliphatic rings. The maximum Gasteiger partial charge on any atom is 0.407 e. The van der Waals surface area contributed by atoms with Gasteiger partial charge in [-0.2, -0.15) is 0 Å². The second-order valence-electron chi connectivity index (χ2n) is 16.7. The maximum absolute atomic E-state index is 13.5. The highest BCUT2D eigenvalue weighted by Crippen LogP contribution is 2.44. The first-order valence-electron chi connectivity index (χ1n) is 21.7. The number of hydrogen-bond acceptors (Lipinski definition) is 10. The third-order valence-corrected chi connectivity index (χ3v) is 10.9. The minimum atomic E-state index is -1.21. The standard InChI is InChI=1S/C45H66N8O10/c1-8-27(6)39(52-37(55)23-48-45(62)63-24-33-31-17-11-9-15-29(31)30-16-10-12-18-32(30)33)42(58)47-22-36(54)49-28(7)40(56)53-38(26(4)5)43(59)51-35(21-25(2)3)41(57)50-34(44(60)61)19-13-14-20-46/h9-12,15-18,25-28,33-35,38-39H,8,13-14,19-24,46H2,1-7H3,(H,47,58)(H,48,62)(H,49,54)(H,50,57)(H,51,59)(H,52,55)(H,53,56)(H,60,61)/t27-,28-,34-,35-,38-,39-/m0/s1. The SMILES string of the molecule is CC[C@H](C)[C@H](NC(=O)CNC(=O)OCC1c2ccccc2-c2ccccc21)C(=O)NCC(=O)N[C@@H](C)C(=O)N[C@H](C(=O)N[C@@H](CC(C)C)C(=O)N[C@@H](CCCCN)C(=O)O)C(C)C. The van der Waals surface area contributed by atoms with Gasteiger partial charge >= 0.3 is 12.1 Å². The number of benzene rings is 2. The zero-order valence-electron chi connectivity index (χ0n) is 37.4. The number of fused-ring (bicyclic) bond motifs is 3. The largest absolute Gasteiger partial charge is 0.480 e. The third kappa shape index (κ3) is 15.7. The average molecular weight is 879 g/mol. The normalized spacial score (nSPS) is 14.7. The summed E-state index contributed by atoms with van der Waals surface area (Å²) in [6, 6.07) is 10.2. The van der Waals surface area contributed by atoms with Crippen molar-refractivity contribution in [2.45, 2.75) is 117 Å². The molecule has 2 aromatic rings. The number of nitrogens with two attached hydrogens (primary N) is 1. The van der Waals surface area contributed by atoms with Crippen LogP contribution in [-0.2, 0) is 38.3 Å². The summed E-state index contributed by atoms with van der Waals surface area (Å²) in [5, 5.41) is 27.4. The Morgan fingerprint density at radius 3 is 1.79 bits per heavy atom. The summed E-state index contributed by atoms with van der Waals surface area (Å²) in [5.74, 6) is -6.34. The van der Waals surface area contributed by atoms with Crippen molar-refractivity contribution in [3.63, 3.8) is 0 Å². The lowest BCUT2D eigenvalue weighted by Crippen LogP contribution is -2.59. The van der Waals surface area contributed by atoms with E-state index in [1.165, 1.54) is 6.92 Å². The van der Waals surface area contributed by atoms with Crippen molar-refractivity contribution in [2.75, 3.05) is 26.2 Å². The van der Waals surface area contributed by atoms with Gasteiger partial charge in [-0.1, -0.05) is 96.5 Å². The highest BCUT2D eigenvalue weighted by Gasteiger charge is 2.33. The van der Waals surface area contributed by atoms with E-state index in [1.54, 1.807) is 20.8 Å². The van der Waals surface area contributed by atoms with Crippen LogP contribution in [0.15, 0.2) is 48.5 Å². The van der Waals surface area contributed by atoms with E-state index in [4.69, 9.17) is 10.5 Å². The highest BCUT2D eigenvalue weighted by molar-refractivity contribution is 5.96. The molecule has 1 aliphatic carbocycles. The van der Waals surface area contributed by atoms with Gasteiger partial charge in [-0.25, -0.2) is 9.59 Å². The topological polar surface area (TPSA) is 276 Å². The van der Waals surface area contributed by atoms with Crippen molar-refractivity contribution in [1.29, 1.82) is 0 Å². The molecule has 0 fully saturated rings.